The van der Waals surface area contributed by atoms with Crippen LogP contribution >= 0.6 is 0 Å². The summed E-state index contributed by atoms with van der Waals surface area (Å²) in [6.45, 7) is 4.28. The Kier molecular flexibility index (Phi) is 9.93. The second kappa shape index (κ2) is 12.5. The maximum absolute atomic E-state index is 5.94. The van der Waals surface area contributed by atoms with Crippen molar-refractivity contribution >= 4 is 5.96 Å². The van der Waals surface area contributed by atoms with Crippen molar-refractivity contribution < 1.29 is 18.9 Å². The first-order valence-corrected chi connectivity index (χ1v) is 9.98. The van der Waals surface area contributed by atoms with Crippen molar-refractivity contribution in [2.75, 3.05) is 61.2 Å². The third kappa shape index (κ3) is 6.87. The fourth-order valence-corrected chi connectivity index (χ4v) is 3.37. The number of guanidine groups is 1. The van der Waals surface area contributed by atoms with Crippen LogP contribution in [0.3, 0.4) is 0 Å². The first kappa shape index (κ1) is 22.3. The van der Waals surface area contributed by atoms with Crippen LogP contribution in [-0.4, -0.2) is 78.2 Å². The number of piperidine rings is 1. The molecule has 0 aromatic heterocycles. The van der Waals surface area contributed by atoms with Gasteiger partial charge in [-0.3, -0.25) is 4.99 Å². The molecule has 0 bridgehead atoms. The van der Waals surface area contributed by atoms with Crippen molar-refractivity contribution in [2.24, 2.45) is 4.99 Å². The van der Waals surface area contributed by atoms with E-state index in [1.54, 1.807) is 21.3 Å². The molecule has 0 amide bonds. The number of likely N-dealkylation sites (tertiary alicyclic amines) is 1. The van der Waals surface area contributed by atoms with Crippen LogP contribution in [0, 0.1) is 0 Å². The third-order valence-corrected chi connectivity index (χ3v) is 4.94. The molecule has 1 aliphatic rings. The Morgan fingerprint density at radius 3 is 2.50 bits per heavy atom. The van der Waals surface area contributed by atoms with Crippen LogP contribution in [0.1, 0.15) is 24.8 Å². The minimum absolute atomic E-state index is 0.345. The lowest BCUT2D eigenvalue weighted by Gasteiger charge is -2.34. The van der Waals surface area contributed by atoms with E-state index in [0.29, 0.717) is 6.10 Å². The average molecular weight is 394 g/mol. The lowest BCUT2D eigenvalue weighted by atomic mass is 10.1. The number of hydrogen-bond acceptors (Lipinski definition) is 5. The summed E-state index contributed by atoms with van der Waals surface area (Å²) >= 11 is 0. The zero-order chi connectivity index (χ0) is 20.2. The Bertz CT molecular complexity index is 601. The van der Waals surface area contributed by atoms with Crippen molar-refractivity contribution in [1.82, 2.24) is 10.2 Å². The lowest BCUT2D eigenvalue weighted by molar-refractivity contribution is 0.00992. The number of methoxy groups -OCH3 is 3. The van der Waals surface area contributed by atoms with Crippen LogP contribution < -0.4 is 14.8 Å². The number of ether oxygens (including phenoxy) is 4. The Labute approximate surface area is 169 Å². The van der Waals surface area contributed by atoms with Gasteiger partial charge in [0.05, 0.1) is 20.3 Å². The second-order valence-corrected chi connectivity index (χ2v) is 6.82. The molecule has 0 atom stereocenters. The van der Waals surface area contributed by atoms with Gasteiger partial charge in [-0.05, 0) is 43.4 Å². The fourth-order valence-electron chi connectivity index (χ4n) is 3.37. The summed E-state index contributed by atoms with van der Waals surface area (Å²) in [5.41, 5.74) is 1.20. The summed E-state index contributed by atoms with van der Waals surface area (Å²) in [6.07, 6.45) is 4.25. The number of benzene rings is 1. The summed E-state index contributed by atoms with van der Waals surface area (Å²) in [4.78, 5) is 6.75. The molecular formula is C21H35N3O4. The number of nitrogens with zero attached hydrogens (tertiary/aromatic N) is 2. The van der Waals surface area contributed by atoms with Gasteiger partial charge in [0, 0.05) is 47.0 Å². The molecule has 7 nitrogen and oxygen atoms in total. The molecule has 0 saturated carbocycles. The highest BCUT2D eigenvalue weighted by atomic mass is 16.5. The van der Waals surface area contributed by atoms with E-state index in [9.17, 15) is 0 Å². The largest absolute Gasteiger partial charge is 0.493 e. The highest BCUT2D eigenvalue weighted by Gasteiger charge is 2.21. The Morgan fingerprint density at radius 2 is 1.86 bits per heavy atom. The molecule has 0 radical (unpaired) electrons. The van der Waals surface area contributed by atoms with Crippen molar-refractivity contribution in [1.29, 1.82) is 0 Å². The fraction of sp³-hybridized carbons (Fsp3) is 0.667. The minimum Gasteiger partial charge on any atom is -0.493 e. The van der Waals surface area contributed by atoms with Crippen LogP contribution in [0.2, 0.25) is 0 Å². The van der Waals surface area contributed by atoms with Gasteiger partial charge in [0.1, 0.15) is 0 Å². The van der Waals surface area contributed by atoms with Crippen LogP contribution in [0.4, 0.5) is 0 Å². The lowest BCUT2D eigenvalue weighted by Crippen LogP contribution is -2.47. The molecule has 0 spiro atoms. The van der Waals surface area contributed by atoms with Gasteiger partial charge in [0.15, 0.2) is 17.5 Å². The predicted molar refractivity (Wildman–Crippen MR) is 112 cm³/mol. The second-order valence-electron chi connectivity index (χ2n) is 6.82. The standard InChI is InChI=1S/C21H35N3O4/c1-22-21(24-12-9-18(10-13-24)28-15-5-14-25-2)23-11-8-17-6-7-19(26-3)20(16-17)27-4/h6-7,16,18H,5,8-15H2,1-4H3,(H,22,23). The summed E-state index contributed by atoms with van der Waals surface area (Å²) in [6, 6.07) is 6.04. The van der Waals surface area contributed by atoms with E-state index in [4.69, 9.17) is 18.9 Å². The van der Waals surface area contributed by atoms with Gasteiger partial charge in [-0.15, -0.1) is 0 Å². The SMILES string of the molecule is CN=C(NCCc1ccc(OC)c(OC)c1)N1CCC(OCCCOC)CC1. The van der Waals surface area contributed by atoms with E-state index in [1.807, 2.05) is 19.2 Å². The average Bonchev–Trinajstić information content (AvgIpc) is 2.74. The molecule has 1 N–H and O–H groups in total. The first-order chi connectivity index (χ1) is 13.7. The molecule has 0 aliphatic carbocycles. The van der Waals surface area contributed by atoms with E-state index in [1.165, 1.54) is 5.56 Å². The molecule has 1 aliphatic heterocycles. The molecule has 1 aromatic carbocycles. The quantitative estimate of drug-likeness (QED) is 0.374. The highest BCUT2D eigenvalue weighted by molar-refractivity contribution is 5.80. The molecule has 0 unspecified atom stereocenters. The maximum Gasteiger partial charge on any atom is 0.193 e. The molecule has 28 heavy (non-hydrogen) atoms. The van der Waals surface area contributed by atoms with Gasteiger partial charge in [-0.25, -0.2) is 0 Å². The molecule has 158 valence electrons. The molecule has 1 saturated heterocycles. The van der Waals surface area contributed by atoms with Gasteiger partial charge in [-0.1, -0.05) is 6.07 Å². The van der Waals surface area contributed by atoms with E-state index in [0.717, 1.165) is 76.0 Å². The van der Waals surface area contributed by atoms with Crippen LogP contribution in [0.15, 0.2) is 23.2 Å². The molecular weight excluding hydrogens is 358 g/mol. The zero-order valence-electron chi connectivity index (χ0n) is 17.7. The van der Waals surface area contributed by atoms with Gasteiger partial charge in [0.2, 0.25) is 0 Å². The summed E-state index contributed by atoms with van der Waals surface area (Å²) in [5.74, 6) is 2.47. The van der Waals surface area contributed by atoms with Crippen molar-refractivity contribution in [3.63, 3.8) is 0 Å². The number of nitrogens with one attached hydrogen (secondary N) is 1. The minimum atomic E-state index is 0.345. The van der Waals surface area contributed by atoms with E-state index < -0.39 is 0 Å². The molecule has 1 aromatic rings. The van der Waals surface area contributed by atoms with Crippen molar-refractivity contribution in [3.8, 4) is 11.5 Å². The first-order valence-electron chi connectivity index (χ1n) is 9.98. The zero-order valence-corrected chi connectivity index (χ0v) is 17.7. The highest BCUT2D eigenvalue weighted by Crippen LogP contribution is 2.27. The van der Waals surface area contributed by atoms with Crippen LogP contribution in [-0.2, 0) is 15.9 Å². The van der Waals surface area contributed by atoms with E-state index >= 15 is 0 Å². The molecule has 7 heteroatoms. The van der Waals surface area contributed by atoms with E-state index in [2.05, 4.69) is 21.3 Å². The van der Waals surface area contributed by atoms with Crippen LogP contribution in [0.25, 0.3) is 0 Å². The van der Waals surface area contributed by atoms with Gasteiger partial charge in [0.25, 0.3) is 0 Å². The third-order valence-electron chi connectivity index (χ3n) is 4.94. The number of hydrogen-bond donors (Lipinski definition) is 1. The number of aliphatic imine (C=N–C) groups is 1. The van der Waals surface area contributed by atoms with E-state index in [-0.39, 0.29) is 0 Å². The Balaban J connectivity index is 1.73. The Hall–Kier alpha value is -1.99. The van der Waals surface area contributed by atoms with Crippen molar-refractivity contribution in [3.05, 3.63) is 23.8 Å². The van der Waals surface area contributed by atoms with Gasteiger partial charge >= 0.3 is 0 Å². The maximum atomic E-state index is 5.94. The topological polar surface area (TPSA) is 64.6 Å². The molecule has 2 rings (SSSR count). The summed E-state index contributed by atoms with van der Waals surface area (Å²) in [7, 11) is 6.87. The van der Waals surface area contributed by atoms with Gasteiger partial charge in [-0.2, -0.15) is 0 Å². The summed E-state index contributed by atoms with van der Waals surface area (Å²) in [5, 5.41) is 3.47. The molecule has 1 heterocycles. The Morgan fingerprint density at radius 1 is 1.11 bits per heavy atom. The van der Waals surface area contributed by atoms with Crippen LogP contribution in [0.5, 0.6) is 11.5 Å². The number of rotatable bonds is 10. The monoisotopic (exact) mass is 393 g/mol. The smallest absolute Gasteiger partial charge is 0.193 e. The van der Waals surface area contributed by atoms with Gasteiger partial charge < -0.3 is 29.2 Å². The predicted octanol–water partition coefficient (Wildman–Crippen LogP) is 2.34. The van der Waals surface area contributed by atoms with Crippen molar-refractivity contribution in [2.45, 2.75) is 31.8 Å². The normalized spacial score (nSPS) is 15.6. The summed E-state index contributed by atoms with van der Waals surface area (Å²) < 4.78 is 21.7. The molecule has 1 fully saturated rings.